The summed E-state index contributed by atoms with van der Waals surface area (Å²) in [5.41, 5.74) is 0.185. The molecule has 12 nitrogen and oxygen atoms in total. The van der Waals surface area contributed by atoms with E-state index >= 15 is 0 Å². The van der Waals surface area contributed by atoms with E-state index in [-0.39, 0.29) is 48.4 Å². The molecule has 0 atom stereocenters. The second kappa shape index (κ2) is 18.8. The van der Waals surface area contributed by atoms with Gasteiger partial charge in [0.2, 0.25) is 13.6 Å². The number of carbonyl (C=O) groups excluding carboxylic acids is 5. The molecular weight excluding hydrogens is 612 g/mol. The second-order valence-corrected chi connectivity index (χ2v) is 9.54. The Balaban J connectivity index is 1.71. The van der Waals surface area contributed by atoms with Crippen LogP contribution >= 0.6 is 0 Å². The molecule has 0 fully saturated rings. The van der Waals surface area contributed by atoms with E-state index in [2.05, 4.69) is 20.1 Å². The van der Waals surface area contributed by atoms with E-state index in [4.69, 9.17) is 33.2 Å². The molecule has 3 aromatic carbocycles. The molecule has 0 N–H and O–H groups in total. The molecule has 0 saturated carbocycles. The highest BCUT2D eigenvalue weighted by molar-refractivity contribution is 5.97. The summed E-state index contributed by atoms with van der Waals surface area (Å²) in [7, 11) is 0. The van der Waals surface area contributed by atoms with Crippen molar-refractivity contribution >= 4 is 29.8 Å². The molecule has 0 amide bonds. The number of hydrogen-bond donors (Lipinski definition) is 0. The van der Waals surface area contributed by atoms with Gasteiger partial charge in [-0.05, 0) is 73.2 Å². The molecule has 0 bridgehead atoms. The van der Waals surface area contributed by atoms with Gasteiger partial charge in [-0.2, -0.15) is 0 Å². The van der Waals surface area contributed by atoms with Crippen molar-refractivity contribution in [1.82, 2.24) is 0 Å². The van der Waals surface area contributed by atoms with Crippen molar-refractivity contribution in [2.75, 3.05) is 20.2 Å². The first-order valence-electron chi connectivity index (χ1n) is 14.5. The SMILES string of the molecule is C=CC(=O)OCOc1ccc(C(=O)Oc2ccc(OC(=O)c3ccc(OCOC(=O)C=C)cc3)c(C(=O)OCCCCCC)c2)cc1. The quantitative estimate of drug-likeness (QED) is 0.0399. The van der Waals surface area contributed by atoms with Crippen LogP contribution in [0.5, 0.6) is 23.0 Å². The Labute approximate surface area is 271 Å². The molecule has 246 valence electrons. The monoisotopic (exact) mass is 646 g/mol. The maximum Gasteiger partial charge on any atom is 0.343 e. The van der Waals surface area contributed by atoms with Gasteiger partial charge in [0.25, 0.3) is 0 Å². The van der Waals surface area contributed by atoms with Crippen molar-refractivity contribution < 1.29 is 57.1 Å². The van der Waals surface area contributed by atoms with Crippen LogP contribution in [0.4, 0.5) is 0 Å². The first-order chi connectivity index (χ1) is 22.7. The van der Waals surface area contributed by atoms with Crippen LogP contribution in [0.2, 0.25) is 0 Å². The molecule has 0 saturated heterocycles. The number of benzene rings is 3. The molecule has 47 heavy (non-hydrogen) atoms. The van der Waals surface area contributed by atoms with E-state index in [9.17, 15) is 24.0 Å². The van der Waals surface area contributed by atoms with E-state index < -0.39 is 29.8 Å². The van der Waals surface area contributed by atoms with E-state index in [1.54, 1.807) is 0 Å². The van der Waals surface area contributed by atoms with Crippen molar-refractivity contribution in [3.05, 3.63) is 109 Å². The first kappa shape index (κ1) is 35.6. The molecule has 0 spiro atoms. The van der Waals surface area contributed by atoms with Crippen LogP contribution in [-0.4, -0.2) is 50.0 Å². The van der Waals surface area contributed by atoms with Crippen LogP contribution in [0.15, 0.2) is 92.0 Å². The van der Waals surface area contributed by atoms with E-state index in [1.807, 2.05) is 0 Å². The van der Waals surface area contributed by atoms with Gasteiger partial charge in [-0.1, -0.05) is 39.3 Å². The molecule has 3 rings (SSSR count). The molecule has 0 heterocycles. The third-order valence-electron chi connectivity index (χ3n) is 6.18. The average molecular weight is 647 g/mol. The van der Waals surface area contributed by atoms with Crippen LogP contribution in [0.25, 0.3) is 0 Å². The molecule has 12 heteroatoms. The van der Waals surface area contributed by atoms with Gasteiger partial charge < -0.3 is 33.2 Å². The highest BCUT2D eigenvalue weighted by Crippen LogP contribution is 2.27. The third kappa shape index (κ3) is 11.8. The molecule has 0 unspecified atom stereocenters. The first-order valence-corrected chi connectivity index (χ1v) is 14.5. The zero-order valence-corrected chi connectivity index (χ0v) is 25.8. The average Bonchev–Trinajstić information content (AvgIpc) is 3.09. The van der Waals surface area contributed by atoms with E-state index in [0.29, 0.717) is 17.9 Å². The van der Waals surface area contributed by atoms with Crippen LogP contribution in [0, 0.1) is 0 Å². The maximum absolute atomic E-state index is 13.1. The minimum absolute atomic E-state index is 0.00283. The fourth-order valence-corrected chi connectivity index (χ4v) is 3.72. The Bertz CT molecular complexity index is 1560. The summed E-state index contributed by atoms with van der Waals surface area (Å²) in [6.07, 6.45) is 5.54. The maximum atomic E-state index is 13.1. The van der Waals surface area contributed by atoms with Crippen molar-refractivity contribution in [1.29, 1.82) is 0 Å². The number of ether oxygens (including phenoxy) is 7. The van der Waals surface area contributed by atoms with Gasteiger partial charge in [0.1, 0.15) is 28.6 Å². The predicted molar refractivity (Wildman–Crippen MR) is 167 cm³/mol. The fourth-order valence-electron chi connectivity index (χ4n) is 3.72. The largest absolute Gasteiger partial charge is 0.462 e. The number of unbranched alkanes of at least 4 members (excludes halogenated alkanes) is 3. The smallest absolute Gasteiger partial charge is 0.343 e. The minimum atomic E-state index is -0.780. The molecule has 0 aliphatic carbocycles. The highest BCUT2D eigenvalue weighted by Gasteiger charge is 2.21. The lowest BCUT2D eigenvalue weighted by molar-refractivity contribution is -0.145. The molecule has 0 aliphatic rings. The molecular formula is C35H34O12. The molecule has 3 aromatic rings. The standard InChI is InChI=1S/C35H34O12/c1-4-7-8-9-20-41-35(40)29-21-28(46-33(38)24-10-14-26(15-11-24)42-22-44-31(36)5-2)18-19-30(29)47-34(39)25-12-16-27(17-13-25)43-23-45-32(37)6-3/h5-6,10-19,21H,2-4,7-9,20,22-23H2,1H3. The Morgan fingerprint density at radius 2 is 1.11 bits per heavy atom. The summed E-state index contributed by atoms with van der Waals surface area (Å²) >= 11 is 0. The Morgan fingerprint density at radius 3 is 1.62 bits per heavy atom. The van der Waals surface area contributed by atoms with E-state index in [1.165, 1.54) is 66.7 Å². The van der Waals surface area contributed by atoms with Crippen LogP contribution < -0.4 is 18.9 Å². The Kier molecular flexibility index (Phi) is 14.2. The lowest BCUT2D eigenvalue weighted by atomic mass is 10.1. The normalized spacial score (nSPS) is 10.1. The lowest BCUT2D eigenvalue weighted by Crippen LogP contribution is -2.15. The summed E-state index contributed by atoms with van der Waals surface area (Å²) < 4.78 is 36.5. The van der Waals surface area contributed by atoms with Gasteiger partial charge >= 0.3 is 29.8 Å². The molecule has 0 aromatic heterocycles. The highest BCUT2D eigenvalue weighted by atomic mass is 16.7. The summed E-state index contributed by atoms with van der Waals surface area (Å²) in [6.45, 7) is 8.12. The van der Waals surface area contributed by atoms with Gasteiger partial charge in [0.15, 0.2) is 0 Å². The molecule has 0 aliphatic heterocycles. The molecule has 0 radical (unpaired) electrons. The van der Waals surface area contributed by atoms with Crippen molar-refractivity contribution in [3.8, 4) is 23.0 Å². The number of carbonyl (C=O) groups is 5. The minimum Gasteiger partial charge on any atom is -0.462 e. The van der Waals surface area contributed by atoms with Crippen molar-refractivity contribution in [3.63, 3.8) is 0 Å². The summed E-state index contributed by atoms with van der Waals surface area (Å²) in [5, 5.41) is 0. The topological polar surface area (TPSA) is 150 Å². The third-order valence-corrected chi connectivity index (χ3v) is 6.18. The lowest BCUT2D eigenvalue weighted by Gasteiger charge is -2.13. The van der Waals surface area contributed by atoms with Crippen LogP contribution in [0.3, 0.4) is 0 Å². The number of rotatable bonds is 18. The van der Waals surface area contributed by atoms with Gasteiger partial charge in [0.05, 0.1) is 17.7 Å². The number of hydrogen-bond acceptors (Lipinski definition) is 12. The van der Waals surface area contributed by atoms with Crippen molar-refractivity contribution in [2.45, 2.75) is 32.6 Å². The van der Waals surface area contributed by atoms with Gasteiger partial charge in [0, 0.05) is 12.2 Å². The zero-order valence-electron chi connectivity index (χ0n) is 25.8. The predicted octanol–water partition coefficient (Wildman–Crippen LogP) is 5.99. The Morgan fingerprint density at radius 1 is 0.596 bits per heavy atom. The summed E-state index contributed by atoms with van der Waals surface area (Å²) in [5.74, 6) is -3.01. The summed E-state index contributed by atoms with van der Waals surface area (Å²) in [6, 6.07) is 15.6. The van der Waals surface area contributed by atoms with Crippen LogP contribution in [-0.2, 0) is 23.8 Å². The van der Waals surface area contributed by atoms with Gasteiger partial charge in [-0.15, -0.1) is 0 Å². The fraction of sp³-hybridized carbons (Fsp3) is 0.229. The van der Waals surface area contributed by atoms with E-state index in [0.717, 1.165) is 31.4 Å². The van der Waals surface area contributed by atoms with Gasteiger partial charge in [-0.3, -0.25) is 0 Å². The van der Waals surface area contributed by atoms with Gasteiger partial charge in [-0.25, -0.2) is 24.0 Å². The van der Waals surface area contributed by atoms with Crippen LogP contribution in [0.1, 0.15) is 63.7 Å². The number of esters is 5. The van der Waals surface area contributed by atoms with Crippen molar-refractivity contribution in [2.24, 2.45) is 0 Å². The second-order valence-electron chi connectivity index (χ2n) is 9.54. The Hall–Kier alpha value is -5.91. The zero-order chi connectivity index (χ0) is 34.0. The summed E-state index contributed by atoms with van der Waals surface area (Å²) in [4.78, 5) is 61.1.